The van der Waals surface area contributed by atoms with E-state index in [0.29, 0.717) is 12.1 Å². The molecule has 3 aliphatic rings. The Hall–Kier alpha value is -0.120. The minimum atomic E-state index is 0.272. The molecule has 21 heavy (non-hydrogen) atoms. The van der Waals surface area contributed by atoms with E-state index in [1.807, 2.05) is 0 Å². The summed E-state index contributed by atoms with van der Waals surface area (Å²) in [5.41, 5.74) is 6.64. The van der Waals surface area contributed by atoms with E-state index >= 15 is 0 Å². The van der Waals surface area contributed by atoms with Gasteiger partial charge in [-0.3, -0.25) is 4.90 Å². The van der Waals surface area contributed by atoms with E-state index in [4.69, 9.17) is 10.5 Å². The van der Waals surface area contributed by atoms with Gasteiger partial charge in [0.2, 0.25) is 0 Å². The number of fused-ring (bicyclic) bond motifs is 1. The van der Waals surface area contributed by atoms with Crippen LogP contribution in [0.25, 0.3) is 0 Å². The van der Waals surface area contributed by atoms with E-state index in [-0.39, 0.29) is 5.54 Å². The lowest BCUT2D eigenvalue weighted by molar-refractivity contribution is -0.128. The minimum absolute atomic E-state index is 0.272. The SMILES string of the molecule is CCC1CCCC(CN)(N2CCOC3CCCCC32)CC1. The Balaban J connectivity index is 1.77. The first-order valence-corrected chi connectivity index (χ1v) is 9.37. The summed E-state index contributed by atoms with van der Waals surface area (Å²) in [6, 6.07) is 0.647. The van der Waals surface area contributed by atoms with Crippen LogP contribution in [0.4, 0.5) is 0 Å². The van der Waals surface area contributed by atoms with E-state index in [1.54, 1.807) is 0 Å². The van der Waals surface area contributed by atoms with Crippen molar-refractivity contribution in [3.8, 4) is 0 Å². The summed E-state index contributed by atoms with van der Waals surface area (Å²) in [6.07, 6.45) is 13.9. The van der Waals surface area contributed by atoms with Gasteiger partial charge in [-0.1, -0.05) is 39.0 Å². The molecule has 0 aromatic heterocycles. The highest BCUT2D eigenvalue weighted by Gasteiger charge is 2.45. The summed E-state index contributed by atoms with van der Waals surface area (Å²) in [5.74, 6) is 0.932. The lowest BCUT2D eigenvalue weighted by Crippen LogP contribution is -2.64. The lowest BCUT2D eigenvalue weighted by atomic mass is 9.81. The van der Waals surface area contributed by atoms with Gasteiger partial charge in [-0.15, -0.1) is 0 Å². The largest absolute Gasteiger partial charge is 0.375 e. The van der Waals surface area contributed by atoms with Gasteiger partial charge in [0.05, 0.1) is 12.7 Å². The number of ether oxygens (including phenoxy) is 1. The molecule has 0 aromatic rings. The number of hydrogen-bond donors (Lipinski definition) is 1. The van der Waals surface area contributed by atoms with Crippen LogP contribution in [0, 0.1) is 5.92 Å². The zero-order valence-electron chi connectivity index (χ0n) is 13.9. The lowest BCUT2D eigenvalue weighted by Gasteiger charge is -2.53. The number of morpholine rings is 1. The molecule has 1 saturated heterocycles. The molecular formula is C18H34N2O. The Kier molecular flexibility index (Phi) is 5.23. The number of hydrogen-bond acceptors (Lipinski definition) is 3. The van der Waals surface area contributed by atoms with E-state index in [0.717, 1.165) is 25.6 Å². The van der Waals surface area contributed by atoms with Crippen LogP contribution in [-0.4, -0.2) is 42.3 Å². The molecule has 3 fully saturated rings. The number of nitrogens with two attached hydrogens (primary N) is 1. The van der Waals surface area contributed by atoms with Crippen molar-refractivity contribution in [2.24, 2.45) is 11.7 Å². The summed E-state index contributed by atoms with van der Waals surface area (Å²) in [6.45, 7) is 5.22. The second-order valence-corrected chi connectivity index (χ2v) is 7.59. The van der Waals surface area contributed by atoms with E-state index in [1.165, 1.54) is 64.2 Å². The van der Waals surface area contributed by atoms with Gasteiger partial charge in [0.1, 0.15) is 0 Å². The second-order valence-electron chi connectivity index (χ2n) is 7.59. The molecule has 1 heterocycles. The Morgan fingerprint density at radius 3 is 2.76 bits per heavy atom. The summed E-state index contributed by atoms with van der Waals surface area (Å²) < 4.78 is 6.08. The molecule has 0 radical (unpaired) electrons. The first-order chi connectivity index (χ1) is 10.3. The van der Waals surface area contributed by atoms with Crippen molar-refractivity contribution in [1.29, 1.82) is 0 Å². The van der Waals surface area contributed by atoms with Gasteiger partial charge in [0.25, 0.3) is 0 Å². The molecule has 0 amide bonds. The molecule has 4 atom stereocenters. The van der Waals surface area contributed by atoms with Crippen molar-refractivity contribution in [1.82, 2.24) is 4.90 Å². The smallest absolute Gasteiger partial charge is 0.0731 e. The molecule has 2 aliphatic carbocycles. The predicted molar refractivity (Wildman–Crippen MR) is 87.4 cm³/mol. The van der Waals surface area contributed by atoms with Crippen molar-refractivity contribution in [2.75, 3.05) is 19.7 Å². The van der Waals surface area contributed by atoms with Crippen molar-refractivity contribution < 1.29 is 4.74 Å². The molecule has 3 nitrogen and oxygen atoms in total. The third kappa shape index (κ3) is 3.16. The first kappa shape index (κ1) is 15.8. The third-order valence-electron chi connectivity index (χ3n) is 6.57. The van der Waals surface area contributed by atoms with Crippen LogP contribution < -0.4 is 5.73 Å². The average Bonchev–Trinajstić information content (AvgIpc) is 2.77. The van der Waals surface area contributed by atoms with Gasteiger partial charge in [-0.25, -0.2) is 0 Å². The Morgan fingerprint density at radius 2 is 1.95 bits per heavy atom. The van der Waals surface area contributed by atoms with Crippen LogP contribution in [0.1, 0.15) is 71.1 Å². The molecule has 1 aliphatic heterocycles. The zero-order valence-corrected chi connectivity index (χ0v) is 13.9. The molecular weight excluding hydrogens is 260 g/mol. The second kappa shape index (κ2) is 6.97. The first-order valence-electron chi connectivity index (χ1n) is 9.37. The maximum absolute atomic E-state index is 6.36. The molecule has 0 bridgehead atoms. The van der Waals surface area contributed by atoms with E-state index in [2.05, 4.69) is 11.8 Å². The van der Waals surface area contributed by atoms with Crippen LogP contribution >= 0.6 is 0 Å². The van der Waals surface area contributed by atoms with Crippen molar-refractivity contribution in [2.45, 2.75) is 88.8 Å². The van der Waals surface area contributed by atoms with Gasteiger partial charge >= 0.3 is 0 Å². The third-order valence-corrected chi connectivity index (χ3v) is 6.57. The highest BCUT2D eigenvalue weighted by atomic mass is 16.5. The van der Waals surface area contributed by atoms with Crippen LogP contribution in [0.5, 0.6) is 0 Å². The summed E-state index contributed by atoms with van der Waals surface area (Å²) in [7, 11) is 0. The Bertz CT molecular complexity index is 333. The summed E-state index contributed by atoms with van der Waals surface area (Å²) in [4.78, 5) is 2.82. The molecule has 0 aromatic carbocycles. The van der Waals surface area contributed by atoms with Gasteiger partial charge in [0.15, 0.2) is 0 Å². The molecule has 3 heteroatoms. The highest BCUT2D eigenvalue weighted by molar-refractivity contribution is 5.01. The van der Waals surface area contributed by atoms with E-state index in [9.17, 15) is 0 Å². The van der Waals surface area contributed by atoms with Crippen molar-refractivity contribution >= 4 is 0 Å². The minimum Gasteiger partial charge on any atom is -0.375 e. The van der Waals surface area contributed by atoms with Crippen LogP contribution in [0.2, 0.25) is 0 Å². The number of nitrogens with zero attached hydrogens (tertiary/aromatic N) is 1. The van der Waals surface area contributed by atoms with Gasteiger partial charge in [0, 0.05) is 24.7 Å². The monoisotopic (exact) mass is 294 g/mol. The van der Waals surface area contributed by atoms with E-state index < -0.39 is 0 Å². The molecule has 2 N–H and O–H groups in total. The molecule has 0 spiro atoms. The molecule has 2 saturated carbocycles. The predicted octanol–water partition coefficient (Wildman–Crippen LogP) is 3.32. The quantitative estimate of drug-likeness (QED) is 0.812. The summed E-state index contributed by atoms with van der Waals surface area (Å²) >= 11 is 0. The molecule has 3 rings (SSSR count). The van der Waals surface area contributed by atoms with Gasteiger partial charge in [-0.2, -0.15) is 0 Å². The number of rotatable bonds is 3. The van der Waals surface area contributed by atoms with Crippen LogP contribution in [0.15, 0.2) is 0 Å². The fourth-order valence-corrected chi connectivity index (χ4v) is 5.16. The average molecular weight is 294 g/mol. The fourth-order valence-electron chi connectivity index (χ4n) is 5.16. The van der Waals surface area contributed by atoms with Gasteiger partial charge < -0.3 is 10.5 Å². The zero-order chi connectivity index (χ0) is 14.7. The Morgan fingerprint density at radius 1 is 1.10 bits per heavy atom. The standard InChI is InChI=1S/C18H34N2O/c1-2-15-6-5-10-18(14-19,11-9-15)20-12-13-21-17-8-4-3-7-16(17)20/h15-17H,2-14,19H2,1H3. The highest BCUT2D eigenvalue weighted by Crippen LogP contribution is 2.40. The maximum atomic E-state index is 6.36. The maximum Gasteiger partial charge on any atom is 0.0731 e. The van der Waals surface area contributed by atoms with Crippen LogP contribution in [0.3, 0.4) is 0 Å². The Labute approximate surface area is 130 Å². The van der Waals surface area contributed by atoms with Crippen molar-refractivity contribution in [3.63, 3.8) is 0 Å². The van der Waals surface area contributed by atoms with Crippen LogP contribution in [-0.2, 0) is 4.74 Å². The fraction of sp³-hybridized carbons (Fsp3) is 1.00. The normalized spacial score (nSPS) is 42.3. The van der Waals surface area contributed by atoms with Gasteiger partial charge in [-0.05, 0) is 38.0 Å². The van der Waals surface area contributed by atoms with Crippen molar-refractivity contribution in [3.05, 3.63) is 0 Å². The topological polar surface area (TPSA) is 38.5 Å². The molecule has 4 unspecified atom stereocenters. The molecule has 122 valence electrons. The summed E-state index contributed by atoms with van der Waals surface area (Å²) in [5, 5.41) is 0.